The van der Waals surface area contributed by atoms with Gasteiger partial charge in [0, 0.05) is 37.8 Å². The summed E-state index contributed by atoms with van der Waals surface area (Å²) in [6.45, 7) is 4.30. The minimum Gasteiger partial charge on any atom is -0.454 e. The summed E-state index contributed by atoms with van der Waals surface area (Å²) in [6, 6.07) is 6.71. The largest absolute Gasteiger partial charge is 0.454 e. The smallest absolute Gasteiger partial charge is 0.287 e. The lowest BCUT2D eigenvalue weighted by Gasteiger charge is -2.36. The summed E-state index contributed by atoms with van der Waals surface area (Å²) in [5.74, 6) is 1.90. The monoisotopic (exact) mass is 370 g/mol. The number of rotatable bonds is 3. The summed E-state index contributed by atoms with van der Waals surface area (Å²) >= 11 is 0. The molecule has 1 fully saturated rings. The molecule has 1 aromatic carbocycles. The van der Waals surface area contributed by atoms with Crippen LogP contribution in [0, 0.1) is 17.0 Å². The zero-order chi connectivity index (χ0) is 19.0. The standard InChI is InChI=1S/C18H18N4O5/c1-12-8-14(22(24)25)10-19-17(12)20-4-6-21(7-5-20)18(23)13-2-3-15-16(9-13)27-11-26-15/h2-3,8-10H,4-7,11H2,1H3. The summed E-state index contributed by atoms with van der Waals surface area (Å²) in [4.78, 5) is 31.2. The van der Waals surface area contributed by atoms with Crippen molar-refractivity contribution in [3.05, 3.63) is 51.7 Å². The Morgan fingerprint density at radius 2 is 1.89 bits per heavy atom. The molecule has 0 unspecified atom stereocenters. The van der Waals surface area contributed by atoms with E-state index in [1.165, 1.54) is 12.3 Å². The first-order valence-corrected chi connectivity index (χ1v) is 8.58. The molecule has 0 aliphatic carbocycles. The third kappa shape index (κ3) is 3.23. The Balaban J connectivity index is 1.43. The van der Waals surface area contributed by atoms with E-state index in [9.17, 15) is 14.9 Å². The van der Waals surface area contributed by atoms with Gasteiger partial charge in [0.1, 0.15) is 12.0 Å². The zero-order valence-electron chi connectivity index (χ0n) is 14.8. The molecule has 2 aliphatic heterocycles. The zero-order valence-corrected chi connectivity index (χ0v) is 14.8. The second-order valence-corrected chi connectivity index (χ2v) is 6.44. The van der Waals surface area contributed by atoms with Crippen LogP contribution < -0.4 is 14.4 Å². The van der Waals surface area contributed by atoms with Crippen LogP contribution in [0.5, 0.6) is 11.5 Å². The molecule has 27 heavy (non-hydrogen) atoms. The third-order valence-electron chi connectivity index (χ3n) is 4.73. The van der Waals surface area contributed by atoms with E-state index in [0.29, 0.717) is 43.2 Å². The molecule has 0 radical (unpaired) electrons. The highest BCUT2D eigenvalue weighted by atomic mass is 16.7. The maximum atomic E-state index is 12.7. The summed E-state index contributed by atoms with van der Waals surface area (Å²) in [6.07, 6.45) is 1.27. The number of nitro groups is 1. The van der Waals surface area contributed by atoms with E-state index >= 15 is 0 Å². The Bertz CT molecular complexity index is 909. The lowest BCUT2D eigenvalue weighted by molar-refractivity contribution is -0.385. The van der Waals surface area contributed by atoms with E-state index in [1.807, 2.05) is 4.90 Å². The van der Waals surface area contributed by atoms with Crippen LogP contribution in [0.25, 0.3) is 0 Å². The van der Waals surface area contributed by atoms with Crippen molar-refractivity contribution < 1.29 is 19.2 Å². The Morgan fingerprint density at radius 1 is 1.15 bits per heavy atom. The number of hydrogen-bond donors (Lipinski definition) is 0. The fraction of sp³-hybridized carbons (Fsp3) is 0.333. The van der Waals surface area contributed by atoms with Gasteiger partial charge < -0.3 is 19.3 Å². The van der Waals surface area contributed by atoms with E-state index in [4.69, 9.17) is 9.47 Å². The van der Waals surface area contributed by atoms with Gasteiger partial charge in [0.05, 0.1) is 4.92 Å². The topological polar surface area (TPSA) is 98.0 Å². The molecule has 2 aliphatic rings. The second kappa shape index (κ2) is 6.75. The molecule has 3 heterocycles. The van der Waals surface area contributed by atoms with Crippen LogP contribution in [0.2, 0.25) is 0 Å². The van der Waals surface area contributed by atoms with Crippen LogP contribution in [0.3, 0.4) is 0 Å². The second-order valence-electron chi connectivity index (χ2n) is 6.44. The van der Waals surface area contributed by atoms with Crippen molar-refractivity contribution in [2.45, 2.75) is 6.92 Å². The average molecular weight is 370 g/mol. The number of anilines is 1. The number of aryl methyl sites for hydroxylation is 1. The van der Waals surface area contributed by atoms with Gasteiger partial charge in [-0.3, -0.25) is 14.9 Å². The van der Waals surface area contributed by atoms with E-state index in [-0.39, 0.29) is 18.4 Å². The first kappa shape index (κ1) is 17.1. The fourth-order valence-corrected chi connectivity index (χ4v) is 3.32. The molecular weight excluding hydrogens is 352 g/mol. The highest BCUT2D eigenvalue weighted by Gasteiger charge is 2.25. The van der Waals surface area contributed by atoms with Crippen molar-refractivity contribution in [1.29, 1.82) is 0 Å². The molecule has 1 aromatic heterocycles. The van der Waals surface area contributed by atoms with Gasteiger partial charge in [-0.25, -0.2) is 4.98 Å². The number of ether oxygens (including phenoxy) is 2. The maximum absolute atomic E-state index is 12.7. The summed E-state index contributed by atoms with van der Waals surface area (Å²) in [7, 11) is 0. The molecule has 0 spiro atoms. The molecule has 1 saturated heterocycles. The summed E-state index contributed by atoms with van der Waals surface area (Å²) in [5, 5.41) is 10.9. The minimum absolute atomic E-state index is 0.0205. The van der Waals surface area contributed by atoms with Crippen LogP contribution in [-0.2, 0) is 0 Å². The minimum atomic E-state index is -0.453. The summed E-state index contributed by atoms with van der Waals surface area (Å²) < 4.78 is 10.6. The van der Waals surface area contributed by atoms with Gasteiger partial charge in [-0.15, -0.1) is 0 Å². The Labute approximate surface area is 155 Å². The van der Waals surface area contributed by atoms with E-state index < -0.39 is 4.92 Å². The first-order chi connectivity index (χ1) is 13.0. The molecule has 0 saturated carbocycles. The number of aromatic nitrogens is 1. The van der Waals surface area contributed by atoms with Crippen molar-refractivity contribution in [1.82, 2.24) is 9.88 Å². The number of hydrogen-bond acceptors (Lipinski definition) is 7. The molecule has 1 amide bonds. The van der Waals surface area contributed by atoms with Crippen molar-refractivity contribution in [3.63, 3.8) is 0 Å². The number of carbonyl (C=O) groups excluding carboxylic acids is 1. The fourth-order valence-electron chi connectivity index (χ4n) is 3.32. The van der Waals surface area contributed by atoms with E-state index in [2.05, 4.69) is 4.98 Å². The molecule has 4 rings (SSSR count). The van der Waals surface area contributed by atoms with Gasteiger partial charge in [0.25, 0.3) is 11.6 Å². The van der Waals surface area contributed by atoms with Gasteiger partial charge in [-0.1, -0.05) is 0 Å². The van der Waals surface area contributed by atoms with Gasteiger partial charge in [0.15, 0.2) is 11.5 Å². The Morgan fingerprint density at radius 3 is 2.59 bits per heavy atom. The van der Waals surface area contributed by atoms with Crippen molar-refractivity contribution in [2.75, 3.05) is 37.9 Å². The number of carbonyl (C=O) groups is 1. The molecule has 9 heteroatoms. The predicted octanol–water partition coefficient (Wildman–Crippen LogP) is 1.99. The number of pyridine rings is 1. The van der Waals surface area contributed by atoms with E-state index in [1.54, 1.807) is 30.0 Å². The van der Waals surface area contributed by atoms with Gasteiger partial charge in [0.2, 0.25) is 6.79 Å². The molecule has 0 bridgehead atoms. The molecule has 140 valence electrons. The number of fused-ring (bicyclic) bond motifs is 1. The van der Waals surface area contributed by atoms with Crippen LogP contribution in [-0.4, -0.2) is 53.7 Å². The summed E-state index contributed by atoms with van der Waals surface area (Å²) in [5.41, 5.74) is 1.30. The lowest BCUT2D eigenvalue weighted by Crippen LogP contribution is -2.49. The SMILES string of the molecule is Cc1cc([N+](=O)[O-])cnc1N1CCN(C(=O)c2ccc3c(c2)OCO3)CC1. The molecule has 0 atom stereocenters. The number of amides is 1. The third-order valence-corrected chi connectivity index (χ3v) is 4.73. The van der Waals surface area contributed by atoms with Crippen LogP contribution in [0.4, 0.5) is 11.5 Å². The highest BCUT2D eigenvalue weighted by molar-refractivity contribution is 5.95. The van der Waals surface area contributed by atoms with E-state index in [0.717, 1.165) is 11.4 Å². The van der Waals surface area contributed by atoms with Crippen LogP contribution in [0.1, 0.15) is 15.9 Å². The molecule has 2 aromatic rings. The molecule has 9 nitrogen and oxygen atoms in total. The average Bonchev–Trinajstić information content (AvgIpc) is 3.15. The number of nitrogens with zero attached hydrogens (tertiary/aromatic N) is 4. The van der Waals surface area contributed by atoms with Crippen LogP contribution >= 0.6 is 0 Å². The van der Waals surface area contributed by atoms with Crippen molar-refractivity contribution in [2.24, 2.45) is 0 Å². The van der Waals surface area contributed by atoms with Crippen LogP contribution in [0.15, 0.2) is 30.5 Å². The maximum Gasteiger partial charge on any atom is 0.287 e. The normalized spacial score (nSPS) is 15.7. The quantitative estimate of drug-likeness (QED) is 0.602. The molecular formula is C18H18N4O5. The van der Waals surface area contributed by atoms with Crippen molar-refractivity contribution >= 4 is 17.4 Å². The lowest BCUT2D eigenvalue weighted by atomic mass is 10.1. The highest BCUT2D eigenvalue weighted by Crippen LogP contribution is 2.33. The number of benzene rings is 1. The van der Waals surface area contributed by atoms with Crippen molar-refractivity contribution in [3.8, 4) is 11.5 Å². The first-order valence-electron chi connectivity index (χ1n) is 8.58. The van der Waals surface area contributed by atoms with Gasteiger partial charge in [-0.05, 0) is 30.7 Å². The predicted molar refractivity (Wildman–Crippen MR) is 96.3 cm³/mol. The Kier molecular flexibility index (Phi) is 4.27. The number of piperazine rings is 1. The Hall–Kier alpha value is -3.36. The van der Waals surface area contributed by atoms with Gasteiger partial charge in [-0.2, -0.15) is 0 Å². The molecule has 0 N–H and O–H groups in total. The van der Waals surface area contributed by atoms with Gasteiger partial charge >= 0.3 is 0 Å².